The van der Waals surface area contributed by atoms with Crippen LogP contribution in [0.3, 0.4) is 0 Å². The molecule has 2 aromatic carbocycles. The highest BCUT2D eigenvalue weighted by atomic mass is 16.6. The Kier molecular flexibility index (Phi) is 5.25. The number of carbonyl (C=O) groups is 1. The highest BCUT2D eigenvalue weighted by molar-refractivity contribution is 5.95. The molecule has 0 aliphatic carbocycles. The van der Waals surface area contributed by atoms with Gasteiger partial charge >= 0.3 is 5.97 Å². The van der Waals surface area contributed by atoms with E-state index in [0.717, 1.165) is 16.8 Å². The van der Waals surface area contributed by atoms with Gasteiger partial charge < -0.3 is 18.9 Å². The Hall–Kier alpha value is -2.69. The van der Waals surface area contributed by atoms with Gasteiger partial charge in [-0.25, -0.2) is 4.79 Å². The number of benzene rings is 2. The molecule has 0 atom stereocenters. The summed E-state index contributed by atoms with van der Waals surface area (Å²) >= 11 is 0. The lowest BCUT2D eigenvalue weighted by molar-refractivity contribution is -0.138. The molecule has 0 N–H and O–H groups in total. The molecule has 0 radical (unpaired) electrons. The number of esters is 1. The van der Waals surface area contributed by atoms with Gasteiger partial charge in [-0.2, -0.15) is 0 Å². The maximum atomic E-state index is 11.0. The molecule has 0 amide bonds. The standard InChI is InChI=1S/C17H18O5/c1-4-16(18)22-10-9-21-15-11-14(19-2)12-7-5-6-8-13(12)17(15)20-3/h4-8,11H,1,9-10H2,2-3H3. The predicted molar refractivity (Wildman–Crippen MR) is 83.7 cm³/mol. The van der Waals surface area contributed by atoms with Crippen LogP contribution in [-0.4, -0.2) is 33.4 Å². The highest BCUT2D eigenvalue weighted by Gasteiger charge is 2.14. The maximum absolute atomic E-state index is 11.0. The molecule has 0 unspecified atom stereocenters. The summed E-state index contributed by atoms with van der Waals surface area (Å²) in [6.45, 7) is 3.66. The van der Waals surface area contributed by atoms with Gasteiger partial charge in [0.25, 0.3) is 0 Å². The Bertz CT molecular complexity index is 678. The monoisotopic (exact) mass is 302 g/mol. The summed E-state index contributed by atoms with van der Waals surface area (Å²) in [6.07, 6.45) is 1.11. The number of rotatable bonds is 7. The Morgan fingerprint density at radius 2 is 1.82 bits per heavy atom. The van der Waals surface area contributed by atoms with E-state index in [9.17, 15) is 4.79 Å². The molecular formula is C17H18O5. The molecule has 0 saturated carbocycles. The molecule has 0 heterocycles. The van der Waals surface area contributed by atoms with Crippen LogP contribution in [0.15, 0.2) is 43.0 Å². The summed E-state index contributed by atoms with van der Waals surface area (Å²) in [5, 5.41) is 1.83. The van der Waals surface area contributed by atoms with Crippen LogP contribution in [0.2, 0.25) is 0 Å². The Labute approximate surface area is 129 Å². The fraction of sp³-hybridized carbons (Fsp3) is 0.235. The second-order valence-corrected chi connectivity index (χ2v) is 4.38. The SMILES string of the molecule is C=CC(=O)OCCOc1cc(OC)c2ccccc2c1OC. The van der Waals surface area contributed by atoms with Gasteiger partial charge in [0.1, 0.15) is 19.0 Å². The number of carbonyl (C=O) groups excluding carboxylic acids is 1. The summed E-state index contributed by atoms with van der Waals surface area (Å²) in [4.78, 5) is 11.0. The van der Waals surface area contributed by atoms with Gasteiger partial charge in [0.05, 0.1) is 14.2 Å². The van der Waals surface area contributed by atoms with Crippen molar-refractivity contribution in [1.82, 2.24) is 0 Å². The van der Waals surface area contributed by atoms with Gasteiger partial charge in [0.15, 0.2) is 11.5 Å². The zero-order valence-electron chi connectivity index (χ0n) is 12.6. The quantitative estimate of drug-likeness (QED) is 0.447. The molecule has 0 bridgehead atoms. The third-order valence-corrected chi connectivity index (χ3v) is 3.10. The maximum Gasteiger partial charge on any atom is 0.330 e. The predicted octanol–water partition coefficient (Wildman–Crippen LogP) is 2.97. The lowest BCUT2D eigenvalue weighted by atomic mass is 10.1. The van der Waals surface area contributed by atoms with Crippen molar-refractivity contribution in [2.75, 3.05) is 27.4 Å². The number of hydrogen-bond acceptors (Lipinski definition) is 5. The lowest BCUT2D eigenvalue weighted by Crippen LogP contribution is -2.10. The summed E-state index contributed by atoms with van der Waals surface area (Å²) in [5.41, 5.74) is 0. The first-order chi connectivity index (χ1) is 10.7. The van der Waals surface area contributed by atoms with E-state index >= 15 is 0 Å². The fourth-order valence-corrected chi connectivity index (χ4v) is 2.13. The lowest BCUT2D eigenvalue weighted by Gasteiger charge is -2.15. The smallest absolute Gasteiger partial charge is 0.330 e. The fourth-order valence-electron chi connectivity index (χ4n) is 2.13. The van der Waals surface area contributed by atoms with E-state index in [-0.39, 0.29) is 13.2 Å². The van der Waals surface area contributed by atoms with E-state index in [2.05, 4.69) is 6.58 Å². The zero-order valence-corrected chi connectivity index (χ0v) is 12.6. The van der Waals surface area contributed by atoms with Gasteiger partial charge in [-0.1, -0.05) is 30.8 Å². The summed E-state index contributed by atoms with van der Waals surface area (Å²) < 4.78 is 21.4. The van der Waals surface area contributed by atoms with Crippen LogP contribution in [0.25, 0.3) is 10.8 Å². The van der Waals surface area contributed by atoms with Crippen molar-refractivity contribution in [3.05, 3.63) is 43.0 Å². The van der Waals surface area contributed by atoms with Crippen LogP contribution in [0.1, 0.15) is 0 Å². The summed E-state index contributed by atoms with van der Waals surface area (Å²) in [6, 6.07) is 9.49. The van der Waals surface area contributed by atoms with E-state index in [0.29, 0.717) is 17.2 Å². The average Bonchev–Trinajstić information content (AvgIpc) is 2.57. The second kappa shape index (κ2) is 7.36. The Morgan fingerprint density at radius 3 is 2.45 bits per heavy atom. The van der Waals surface area contributed by atoms with Crippen molar-refractivity contribution in [2.24, 2.45) is 0 Å². The first-order valence-electron chi connectivity index (χ1n) is 6.77. The highest BCUT2D eigenvalue weighted by Crippen LogP contribution is 2.41. The van der Waals surface area contributed by atoms with Gasteiger partial charge in [-0.05, 0) is 0 Å². The molecule has 0 aliphatic rings. The topological polar surface area (TPSA) is 54.0 Å². The minimum absolute atomic E-state index is 0.128. The van der Waals surface area contributed by atoms with Crippen LogP contribution in [-0.2, 0) is 9.53 Å². The molecule has 5 heteroatoms. The van der Waals surface area contributed by atoms with Gasteiger partial charge in [0, 0.05) is 22.9 Å². The van der Waals surface area contributed by atoms with E-state index in [4.69, 9.17) is 18.9 Å². The van der Waals surface area contributed by atoms with Crippen molar-refractivity contribution in [2.45, 2.75) is 0 Å². The minimum Gasteiger partial charge on any atom is -0.496 e. The van der Waals surface area contributed by atoms with Crippen LogP contribution in [0.4, 0.5) is 0 Å². The van der Waals surface area contributed by atoms with E-state index in [1.165, 1.54) is 0 Å². The molecule has 0 fully saturated rings. The zero-order chi connectivity index (χ0) is 15.9. The molecule has 116 valence electrons. The van der Waals surface area contributed by atoms with Crippen molar-refractivity contribution in [1.29, 1.82) is 0 Å². The van der Waals surface area contributed by atoms with E-state index in [1.54, 1.807) is 20.3 Å². The third-order valence-electron chi connectivity index (χ3n) is 3.10. The molecule has 22 heavy (non-hydrogen) atoms. The molecule has 0 aliphatic heterocycles. The summed E-state index contributed by atoms with van der Waals surface area (Å²) in [7, 11) is 3.18. The van der Waals surface area contributed by atoms with Gasteiger partial charge in [-0.15, -0.1) is 0 Å². The number of fused-ring (bicyclic) bond motifs is 1. The number of hydrogen-bond donors (Lipinski definition) is 0. The number of methoxy groups -OCH3 is 2. The van der Waals surface area contributed by atoms with Gasteiger partial charge in [0.2, 0.25) is 0 Å². The molecule has 5 nitrogen and oxygen atoms in total. The van der Waals surface area contributed by atoms with E-state index < -0.39 is 5.97 Å². The molecular weight excluding hydrogens is 284 g/mol. The molecule has 0 saturated heterocycles. The van der Waals surface area contributed by atoms with Gasteiger partial charge in [-0.3, -0.25) is 0 Å². The first kappa shape index (κ1) is 15.7. The second-order valence-electron chi connectivity index (χ2n) is 4.38. The van der Waals surface area contributed by atoms with Crippen molar-refractivity contribution in [3.63, 3.8) is 0 Å². The Balaban J connectivity index is 2.25. The van der Waals surface area contributed by atoms with E-state index in [1.807, 2.05) is 24.3 Å². The van der Waals surface area contributed by atoms with Crippen molar-refractivity contribution < 1.29 is 23.7 Å². The molecule has 0 spiro atoms. The average molecular weight is 302 g/mol. The molecule has 0 aromatic heterocycles. The Morgan fingerprint density at radius 1 is 1.09 bits per heavy atom. The molecule has 2 rings (SSSR count). The van der Waals surface area contributed by atoms with Crippen LogP contribution in [0, 0.1) is 0 Å². The van der Waals surface area contributed by atoms with Crippen LogP contribution in [0.5, 0.6) is 17.2 Å². The molecule has 2 aromatic rings. The minimum atomic E-state index is -0.480. The van der Waals surface area contributed by atoms with Crippen LogP contribution < -0.4 is 14.2 Å². The van der Waals surface area contributed by atoms with Crippen molar-refractivity contribution >= 4 is 16.7 Å². The number of ether oxygens (including phenoxy) is 4. The largest absolute Gasteiger partial charge is 0.496 e. The summed E-state index contributed by atoms with van der Waals surface area (Å²) in [5.74, 6) is 1.36. The third kappa shape index (κ3) is 3.31. The van der Waals surface area contributed by atoms with Crippen LogP contribution >= 0.6 is 0 Å². The van der Waals surface area contributed by atoms with Crippen molar-refractivity contribution in [3.8, 4) is 17.2 Å². The first-order valence-corrected chi connectivity index (χ1v) is 6.77. The normalized spacial score (nSPS) is 10.1.